The zero-order chi connectivity index (χ0) is 13.7. The van der Waals surface area contributed by atoms with Gasteiger partial charge in [0, 0.05) is 17.4 Å². The first-order valence-corrected chi connectivity index (χ1v) is 7.14. The minimum absolute atomic E-state index is 0.0918. The van der Waals surface area contributed by atoms with Crippen molar-refractivity contribution in [1.82, 2.24) is 24.5 Å². The van der Waals surface area contributed by atoms with Crippen LogP contribution in [0.25, 0.3) is 16.9 Å². The number of hydrogen-bond acceptors (Lipinski definition) is 4. The summed E-state index contributed by atoms with van der Waals surface area (Å²) in [5.41, 5.74) is 1.61. The summed E-state index contributed by atoms with van der Waals surface area (Å²) in [6.07, 6.45) is 1.79. The van der Waals surface area contributed by atoms with E-state index in [1.54, 1.807) is 9.25 Å². The third-order valence-electron chi connectivity index (χ3n) is 3.49. The van der Waals surface area contributed by atoms with Crippen LogP contribution in [-0.4, -0.2) is 24.5 Å². The number of hydrogen-bond donors (Lipinski definition) is 0. The van der Waals surface area contributed by atoms with Crippen LogP contribution >= 0.6 is 15.9 Å². The fourth-order valence-corrected chi connectivity index (χ4v) is 2.78. The highest BCUT2D eigenvalue weighted by atomic mass is 79.9. The van der Waals surface area contributed by atoms with Gasteiger partial charge in [-0.3, -0.25) is 9.36 Å². The number of nitrogens with zero attached hydrogens (tertiary/aromatic N) is 5. The zero-order valence-corrected chi connectivity index (χ0v) is 12.0. The number of halogens is 1. The molecule has 0 saturated heterocycles. The molecule has 0 N–H and O–H groups in total. The van der Waals surface area contributed by atoms with Gasteiger partial charge < -0.3 is 0 Å². The predicted molar refractivity (Wildman–Crippen MR) is 76.9 cm³/mol. The maximum absolute atomic E-state index is 12.3. The number of fused-ring (bicyclic) bond motifs is 2. The van der Waals surface area contributed by atoms with Crippen molar-refractivity contribution in [3.63, 3.8) is 0 Å². The molecule has 4 rings (SSSR count). The lowest BCUT2D eigenvalue weighted by Crippen LogP contribution is -2.21. The molecule has 0 bridgehead atoms. The molecular weight excluding hydrogens is 322 g/mol. The summed E-state index contributed by atoms with van der Waals surface area (Å²) in [4.78, 5) is 16.9. The fraction of sp³-hybridized carbons (Fsp3) is 0.231. The van der Waals surface area contributed by atoms with Crippen molar-refractivity contribution in [2.45, 2.75) is 19.4 Å². The monoisotopic (exact) mass is 331 g/mol. The maximum atomic E-state index is 12.3. The first-order chi connectivity index (χ1) is 9.74. The lowest BCUT2D eigenvalue weighted by atomic mass is 10.3. The molecule has 0 aliphatic carbocycles. The van der Waals surface area contributed by atoms with Crippen LogP contribution in [0.3, 0.4) is 0 Å². The summed E-state index contributed by atoms with van der Waals surface area (Å²) in [7, 11) is 0. The van der Waals surface area contributed by atoms with Crippen molar-refractivity contribution >= 4 is 27.1 Å². The molecule has 1 aliphatic heterocycles. The van der Waals surface area contributed by atoms with Crippen LogP contribution in [0.4, 0.5) is 0 Å². The molecule has 0 saturated carbocycles. The Morgan fingerprint density at radius 3 is 2.80 bits per heavy atom. The summed E-state index contributed by atoms with van der Waals surface area (Å²) in [6, 6.07) is 7.65. The van der Waals surface area contributed by atoms with E-state index >= 15 is 0 Å². The third-order valence-corrected chi connectivity index (χ3v) is 4.02. The average molecular weight is 332 g/mol. The predicted octanol–water partition coefficient (Wildman–Crippen LogP) is 1.69. The van der Waals surface area contributed by atoms with Gasteiger partial charge in [0.2, 0.25) is 0 Å². The van der Waals surface area contributed by atoms with E-state index in [4.69, 9.17) is 0 Å². The van der Waals surface area contributed by atoms with Gasteiger partial charge in [-0.1, -0.05) is 21.1 Å². The molecule has 1 aliphatic rings. The minimum atomic E-state index is -0.0918. The van der Waals surface area contributed by atoms with Crippen LogP contribution < -0.4 is 5.56 Å². The SMILES string of the molecule is O=c1c2nnn(-c3ccc(Br)cc3)c2nc2n1CCC2. The number of aryl methyl sites for hydroxylation is 1. The van der Waals surface area contributed by atoms with Gasteiger partial charge in [-0.15, -0.1) is 5.10 Å². The largest absolute Gasteiger partial charge is 0.295 e. The molecule has 3 aromatic rings. The smallest absolute Gasteiger partial charge is 0.283 e. The fourth-order valence-electron chi connectivity index (χ4n) is 2.52. The van der Waals surface area contributed by atoms with Crippen LogP contribution in [0, 0.1) is 0 Å². The van der Waals surface area contributed by atoms with Crippen molar-refractivity contribution < 1.29 is 0 Å². The molecular formula is C13H10BrN5O. The van der Waals surface area contributed by atoms with E-state index in [0.29, 0.717) is 11.2 Å². The Hall–Kier alpha value is -2.02. The molecule has 20 heavy (non-hydrogen) atoms. The van der Waals surface area contributed by atoms with Crippen molar-refractivity contribution in [3.8, 4) is 5.69 Å². The minimum Gasteiger partial charge on any atom is -0.295 e. The van der Waals surface area contributed by atoms with Crippen LogP contribution in [0.2, 0.25) is 0 Å². The highest BCUT2D eigenvalue weighted by Crippen LogP contribution is 2.18. The summed E-state index contributed by atoms with van der Waals surface area (Å²) >= 11 is 3.40. The van der Waals surface area contributed by atoms with E-state index in [1.807, 2.05) is 24.3 Å². The van der Waals surface area contributed by atoms with Crippen molar-refractivity contribution in [1.29, 1.82) is 0 Å². The Morgan fingerprint density at radius 2 is 2.00 bits per heavy atom. The Labute approximate surface area is 122 Å². The summed E-state index contributed by atoms with van der Waals surface area (Å²) < 4.78 is 4.30. The lowest BCUT2D eigenvalue weighted by molar-refractivity contribution is 0.717. The van der Waals surface area contributed by atoms with Gasteiger partial charge >= 0.3 is 0 Å². The second-order valence-electron chi connectivity index (χ2n) is 4.74. The van der Waals surface area contributed by atoms with E-state index < -0.39 is 0 Å². The quantitative estimate of drug-likeness (QED) is 0.680. The van der Waals surface area contributed by atoms with Gasteiger partial charge in [0.15, 0.2) is 11.2 Å². The normalized spacial score (nSPS) is 13.8. The Kier molecular flexibility index (Phi) is 2.50. The Morgan fingerprint density at radius 1 is 1.20 bits per heavy atom. The lowest BCUT2D eigenvalue weighted by Gasteiger charge is -2.04. The first kappa shape index (κ1) is 11.8. The number of rotatable bonds is 1. The first-order valence-electron chi connectivity index (χ1n) is 6.35. The molecule has 1 aromatic carbocycles. The molecule has 0 unspecified atom stereocenters. The third kappa shape index (κ3) is 1.62. The zero-order valence-electron chi connectivity index (χ0n) is 10.5. The molecule has 100 valence electrons. The van der Waals surface area contributed by atoms with E-state index in [-0.39, 0.29) is 5.56 Å². The standard InChI is InChI=1S/C13H10BrN5O/c14-8-3-5-9(6-4-8)19-12-11(16-17-19)13(20)18-7-1-2-10(18)15-12/h3-6H,1-2,7H2. The van der Waals surface area contributed by atoms with Gasteiger partial charge in [-0.25, -0.2) is 4.98 Å². The Bertz CT molecular complexity index is 865. The van der Waals surface area contributed by atoms with Crippen LogP contribution in [-0.2, 0) is 13.0 Å². The summed E-state index contributed by atoms with van der Waals surface area (Å²) in [6.45, 7) is 0.724. The van der Waals surface area contributed by atoms with Crippen LogP contribution in [0.15, 0.2) is 33.5 Å². The van der Waals surface area contributed by atoms with Gasteiger partial charge in [-0.05, 0) is 30.7 Å². The van der Waals surface area contributed by atoms with Crippen LogP contribution in [0.1, 0.15) is 12.2 Å². The molecule has 2 aromatic heterocycles. The molecule has 0 atom stereocenters. The van der Waals surface area contributed by atoms with E-state index in [2.05, 4.69) is 31.2 Å². The molecule has 0 spiro atoms. The molecule has 6 nitrogen and oxygen atoms in total. The van der Waals surface area contributed by atoms with E-state index in [0.717, 1.165) is 35.4 Å². The molecule has 3 heterocycles. The highest BCUT2D eigenvalue weighted by Gasteiger charge is 2.20. The van der Waals surface area contributed by atoms with Crippen LogP contribution in [0.5, 0.6) is 0 Å². The van der Waals surface area contributed by atoms with E-state index in [1.165, 1.54) is 0 Å². The Balaban J connectivity index is 2.00. The molecule has 0 amide bonds. The molecule has 0 fully saturated rings. The van der Waals surface area contributed by atoms with Gasteiger partial charge in [-0.2, -0.15) is 4.68 Å². The van der Waals surface area contributed by atoms with E-state index in [9.17, 15) is 4.79 Å². The van der Waals surface area contributed by atoms with Gasteiger partial charge in [0.1, 0.15) is 5.82 Å². The molecule has 7 heteroatoms. The van der Waals surface area contributed by atoms with Crippen molar-refractivity contribution in [3.05, 3.63) is 44.9 Å². The maximum Gasteiger partial charge on any atom is 0.283 e. The average Bonchev–Trinajstić information content (AvgIpc) is 3.07. The van der Waals surface area contributed by atoms with Crippen molar-refractivity contribution in [2.24, 2.45) is 0 Å². The van der Waals surface area contributed by atoms with Gasteiger partial charge in [0.05, 0.1) is 5.69 Å². The number of benzene rings is 1. The second kappa shape index (κ2) is 4.24. The van der Waals surface area contributed by atoms with Crippen molar-refractivity contribution in [2.75, 3.05) is 0 Å². The topological polar surface area (TPSA) is 65.6 Å². The molecule has 0 radical (unpaired) electrons. The highest BCUT2D eigenvalue weighted by molar-refractivity contribution is 9.10. The van der Waals surface area contributed by atoms with Gasteiger partial charge in [0.25, 0.3) is 5.56 Å². The number of aromatic nitrogens is 5. The summed E-state index contributed by atoms with van der Waals surface area (Å²) in [5, 5.41) is 8.07. The summed E-state index contributed by atoms with van der Waals surface area (Å²) in [5.74, 6) is 0.822. The second-order valence-corrected chi connectivity index (χ2v) is 5.65.